The maximum absolute atomic E-state index is 12.0. The molecule has 5 heteroatoms. The first-order valence-electron chi connectivity index (χ1n) is 6.17. The SMILES string of the molecule is CCn1ccc(CNC(=O)c2cccc(OC)c2)n1. The minimum Gasteiger partial charge on any atom is -0.497 e. The average molecular weight is 259 g/mol. The fourth-order valence-electron chi connectivity index (χ4n) is 1.71. The molecule has 1 heterocycles. The van der Waals surface area contributed by atoms with E-state index in [1.54, 1.807) is 31.4 Å². The Balaban J connectivity index is 1.96. The molecule has 19 heavy (non-hydrogen) atoms. The van der Waals surface area contributed by atoms with Gasteiger partial charge in [-0.05, 0) is 31.2 Å². The van der Waals surface area contributed by atoms with Crippen LogP contribution in [0.1, 0.15) is 23.0 Å². The molecule has 0 bridgehead atoms. The third kappa shape index (κ3) is 3.34. The number of hydrogen-bond acceptors (Lipinski definition) is 3. The second-order valence-electron chi connectivity index (χ2n) is 4.08. The van der Waals surface area contributed by atoms with E-state index in [1.807, 2.05) is 23.9 Å². The summed E-state index contributed by atoms with van der Waals surface area (Å²) >= 11 is 0. The number of nitrogens with zero attached hydrogens (tertiary/aromatic N) is 2. The lowest BCUT2D eigenvalue weighted by atomic mass is 10.2. The van der Waals surface area contributed by atoms with Crippen molar-refractivity contribution in [2.75, 3.05) is 7.11 Å². The third-order valence-corrected chi connectivity index (χ3v) is 2.78. The van der Waals surface area contributed by atoms with Crippen LogP contribution in [-0.4, -0.2) is 22.8 Å². The van der Waals surface area contributed by atoms with E-state index in [9.17, 15) is 4.79 Å². The van der Waals surface area contributed by atoms with Gasteiger partial charge in [-0.2, -0.15) is 5.10 Å². The van der Waals surface area contributed by atoms with Crippen molar-refractivity contribution in [3.8, 4) is 5.75 Å². The molecule has 0 saturated carbocycles. The number of benzene rings is 1. The zero-order chi connectivity index (χ0) is 13.7. The number of rotatable bonds is 5. The van der Waals surface area contributed by atoms with Gasteiger partial charge in [0.05, 0.1) is 19.3 Å². The van der Waals surface area contributed by atoms with Gasteiger partial charge in [0.1, 0.15) is 5.75 Å². The highest BCUT2D eigenvalue weighted by atomic mass is 16.5. The molecule has 0 aliphatic rings. The van der Waals surface area contributed by atoms with Crippen LogP contribution in [0.5, 0.6) is 5.75 Å². The number of aryl methyl sites for hydroxylation is 1. The van der Waals surface area contributed by atoms with Gasteiger partial charge in [0.15, 0.2) is 0 Å². The second-order valence-corrected chi connectivity index (χ2v) is 4.08. The van der Waals surface area contributed by atoms with Gasteiger partial charge in [-0.1, -0.05) is 6.07 Å². The minimum absolute atomic E-state index is 0.134. The minimum atomic E-state index is -0.134. The summed E-state index contributed by atoms with van der Waals surface area (Å²) in [6.45, 7) is 3.26. The van der Waals surface area contributed by atoms with Crippen LogP contribution in [0.3, 0.4) is 0 Å². The van der Waals surface area contributed by atoms with E-state index in [0.717, 1.165) is 12.2 Å². The summed E-state index contributed by atoms with van der Waals surface area (Å²) in [6, 6.07) is 8.96. The molecule has 1 aromatic heterocycles. The van der Waals surface area contributed by atoms with Crippen molar-refractivity contribution in [2.24, 2.45) is 0 Å². The quantitative estimate of drug-likeness (QED) is 0.891. The number of aromatic nitrogens is 2. The van der Waals surface area contributed by atoms with Gasteiger partial charge in [-0.3, -0.25) is 9.48 Å². The molecule has 0 aliphatic heterocycles. The smallest absolute Gasteiger partial charge is 0.251 e. The summed E-state index contributed by atoms with van der Waals surface area (Å²) in [5.41, 5.74) is 1.42. The van der Waals surface area contributed by atoms with Crippen LogP contribution in [0, 0.1) is 0 Å². The summed E-state index contributed by atoms with van der Waals surface area (Å²) in [7, 11) is 1.58. The molecular formula is C14H17N3O2. The molecule has 0 fully saturated rings. The molecule has 0 aliphatic carbocycles. The zero-order valence-corrected chi connectivity index (χ0v) is 11.1. The lowest BCUT2D eigenvalue weighted by Crippen LogP contribution is -2.23. The molecule has 2 rings (SSSR count). The lowest BCUT2D eigenvalue weighted by Gasteiger charge is -2.05. The van der Waals surface area contributed by atoms with Crippen molar-refractivity contribution in [1.82, 2.24) is 15.1 Å². The molecule has 0 unspecified atom stereocenters. The van der Waals surface area contributed by atoms with Gasteiger partial charge in [0.25, 0.3) is 5.91 Å². The number of hydrogen-bond donors (Lipinski definition) is 1. The molecule has 1 aromatic carbocycles. The van der Waals surface area contributed by atoms with E-state index in [4.69, 9.17) is 4.74 Å². The van der Waals surface area contributed by atoms with Crippen LogP contribution >= 0.6 is 0 Å². The normalized spacial score (nSPS) is 10.2. The van der Waals surface area contributed by atoms with Gasteiger partial charge < -0.3 is 10.1 Å². The topological polar surface area (TPSA) is 56.2 Å². The van der Waals surface area contributed by atoms with Crippen molar-refractivity contribution in [1.29, 1.82) is 0 Å². The summed E-state index contributed by atoms with van der Waals surface area (Å²) in [5, 5.41) is 7.14. The molecule has 0 spiro atoms. The highest BCUT2D eigenvalue weighted by Crippen LogP contribution is 2.12. The van der Waals surface area contributed by atoms with Crippen LogP contribution in [-0.2, 0) is 13.1 Å². The van der Waals surface area contributed by atoms with Gasteiger partial charge in [-0.25, -0.2) is 0 Å². The van der Waals surface area contributed by atoms with Gasteiger partial charge in [0, 0.05) is 18.3 Å². The molecule has 0 radical (unpaired) electrons. The summed E-state index contributed by atoms with van der Waals surface area (Å²) in [5.74, 6) is 0.535. The van der Waals surface area contributed by atoms with Crippen molar-refractivity contribution < 1.29 is 9.53 Å². The number of methoxy groups -OCH3 is 1. The van der Waals surface area contributed by atoms with E-state index >= 15 is 0 Å². The maximum Gasteiger partial charge on any atom is 0.251 e. The molecule has 1 N–H and O–H groups in total. The van der Waals surface area contributed by atoms with Crippen molar-refractivity contribution in [2.45, 2.75) is 20.0 Å². The number of carbonyl (C=O) groups is 1. The Kier molecular flexibility index (Phi) is 4.18. The molecule has 5 nitrogen and oxygen atoms in total. The van der Waals surface area contributed by atoms with Crippen molar-refractivity contribution in [3.05, 3.63) is 47.8 Å². The summed E-state index contributed by atoms with van der Waals surface area (Å²) < 4.78 is 6.92. The first-order valence-corrected chi connectivity index (χ1v) is 6.17. The predicted octanol–water partition coefficient (Wildman–Crippen LogP) is 1.84. The average Bonchev–Trinajstić information content (AvgIpc) is 2.93. The monoisotopic (exact) mass is 259 g/mol. The Morgan fingerprint density at radius 1 is 1.42 bits per heavy atom. The Morgan fingerprint density at radius 2 is 2.26 bits per heavy atom. The molecule has 100 valence electrons. The van der Waals surface area contributed by atoms with Crippen molar-refractivity contribution in [3.63, 3.8) is 0 Å². The van der Waals surface area contributed by atoms with Crippen LogP contribution in [0.15, 0.2) is 36.5 Å². The Hall–Kier alpha value is -2.30. The Morgan fingerprint density at radius 3 is 2.95 bits per heavy atom. The Bertz CT molecular complexity index is 563. The number of carbonyl (C=O) groups excluding carboxylic acids is 1. The molecule has 2 aromatic rings. The fraction of sp³-hybridized carbons (Fsp3) is 0.286. The van der Waals surface area contributed by atoms with Gasteiger partial charge >= 0.3 is 0 Å². The molecule has 0 saturated heterocycles. The zero-order valence-electron chi connectivity index (χ0n) is 11.1. The Labute approximate surface area is 112 Å². The standard InChI is InChI=1S/C14H17N3O2/c1-3-17-8-7-12(16-17)10-15-14(18)11-5-4-6-13(9-11)19-2/h4-9H,3,10H2,1-2H3,(H,15,18). The molecule has 1 amide bonds. The van der Waals surface area contributed by atoms with Gasteiger partial charge in [0.2, 0.25) is 0 Å². The van der Waals surface area contributed by atoms with Crippen LogP contribution < -0.4 is 10.1 Å². The second kappa shape index (κ2) is 6.04. The summed E-state index contributed by atoms with van der Waals surface area (Å²) in [4.78, 5) is 12.0. The molecule has 0 atom stereocenters. The lowest BCUT2D eigenvalue weighted by molar-refractivity contribution is 0.0950. The maximum atomic E-state index is 12.0. The largest absolute Gasteiger partial charge is 0.497 e. The third-order valence-electron chi connectivity index (χ3n) is 2.78. The van der Waals surface area contributed by atoms with E-state index in [0.29, 0.717) is 17.9 Å². The highest BCUT2D eigenvalue weighted by Gasteiger charge is 2.07. The van der Waals surface area contributed by atoms with E-state index in [-0.39, 0.29) is 5.91 Å². The number of nitrogens with one attached hydrogen (secondary N) is 1. The highest BCUT2D eigenvalue weighted by molar-refractivity contribution is 5.94. The van der Waals surface area contributed by atoms with Crippen LogP contribution in [0.4, 0.5) is 0 Å². The first-order chi connectivity index (χ1) is 9.22. The number of ether oxygens (including phenoxy) is 1. The predicted molar refractivity (Wildman–Crippen MR) is 72.1 cm³/mol. The number of amides is 1. The van der Waals surface area contributed by atoms with Crippen molar-refractivity contribution >= 4 is 5.91 Å². The van der Waals surface area contributed by atoms with Crippen LogP contribution in [0.2, 0.25) is 0 Å². The van der Waals surface area contributed by atoms with Crippen LogP contribution in [0.25, 0.3) is 0 Å². The fourth-order valence-corrected chi connectivity index (χ4v) is 1.71. The first kappa shape index (κ1) is 13.1. The van der Waals surface area contributed by atoms with E-state index in [2.05, 4.69) is 10.4 Å². The molecular weight excluding hydrogens is 242 g/mol. The summed E-state index contributed by atoms with van der Waals surface area (Å²) in [6.07, 6.45) is 1.90. The van der Waals surface area contributed by atoms with E-state index < -0.39 is 0 Å². The van der Waals surface area contributed by atoms with E-state index in [1.165, 1.54) is 0 Å². The van der Waals surface area contributed by atoms with Gasteiger partial charge in [-0.15, -0.1) is 0 Å².